The monoisotopic (exact) mass is 225 g/mol. The fraction of sp³-hybridized carbons (Fsp3) is 1.00. The van der Waals surface area contributed by atoms with Crippen LogP contribution < -0.4 is 5.73 Å². The van der Waals surface area contributed by atoms with Gasteiger partial charge in [-0.15, -0.1) is 0 Å². The average Bonchev–Trinajstić information content (AvgIpc) is 2.62. The fourth-order valence-corrected chi connectivity index (χ4v) is 3.99. The quantitative estimate of drug-likeness (QED) is 0.630. The number of nitrogens with zero attached hydrogens (tertiary/aromatic N) is 2. The summed E-state index contributed by atoms with van der Waals surface area (Å²) in [4.78, 5) is 4.63. The summed E-state index contributed by atoms with van der Waals surface area (Å²) in [6.45, 7) is 4.96. The molecule has 0 radical (unpaired) electrons. The first-order valence-electron chi connectivity index (χ1n) is 6.46. The molecule has 92 valence electrons. The maximum atomic E-state index is 10.9. The Bertz CT molecular complexity index is 290. The maximum absolute atomic E-state index is 10.9. The van der Waals surface area contributed by atoms with Crippen molar-refractivity contribution in [1.29, 1.82) is 0 Å². The molecule has 0 aromatic rings. The summed E-state index contributed by atoms with van der Waals surface area (Å²) in [5.74, 6) is 0.522. The van der Waals surface area contributed by atoms with Gasteiger partial charge in [-0.3, -0.25) is 0 Å². The molecule has 4 heterocycles. The summed E-state index contributed by atoms with van der Waals surface area (Å²) < 4.78 is 0. The number of β-amino-alcohol motifs (C(OH)–C–C–N with tert-alkyl or cyclic N) is 1. The van der Waals surface area contributed by atoms with Crippen molar-refractivity contribution in [2.75, 3.05) is 39.8 Å². The second kappa shape index (κ2) is 3.42. The first-order chi connectivity index (χ1) is 7.53. The SMILES string of the molecule is CN1CCC(O)(C2(N)CN3CCC2CC3)C1. The Hall–Kier alpha value is -0.160. The second-order valence-corrected chi connectivity index (χ2v) is 6.11. The van der Waals surface area contributed by atoms with E-state index >= 15 is 0 Å². The molecule has 2 atom stereocenters. The van der Waals surface area contributed by atoms with Gasteiger partial charge in [0, 0.05) is 19.6 Å². The zero-order valence-corrected chi connectivity index (χ0v) is 10.2. The highest BCUT2D eigenvalue weighted by Crippen LogP contribution is 2.43. The number of likely N-dealkylation sites (tertiary alicyclic amines) is 1. The molecule has 4 saturated heterocycles. The van der Waals surface area contributed by atoms with E-state index in [-0.39, 0.29) is 5.54 Å². The van der Waals surface area contributed by atoms with Crippen LogP contribution in [0.1, 0.15) is 19.3 Å². The minimum Gasteiger partial charge on any atom is -0.387 e. The molecular formula is C12H23N3O. The summed E-state index contributed by atoms with van der Waals surface area (Å²) in [6, 6.07) is 0. The van der Waals surface area contributed by atoms with Crippen LogP contribution >= 0.6 is 0 Å². The van der Waals surface area contributed by atoms with Gasteiger partial charge in [0.15, 0.2) is 0 Å². The minimum absolute atomic E-state index is 0.367. The molecule has 4 aliphatic rings. The van der Waals surface area contributed by atoms with Crippen molar-refractivity contribution in [3.8, 4) is 0 Å². The number of piperidine rings is 3. The van der Waals surface area contributed by atoms with Gasteiger partial charge in [0.25, 0.3) is 0 Å². The maximum Gasteiger partial charge on any atom is 0.0979 e. The van der Waals surface area contributed by atoms with Crippen LogP contribution in [0.25, 0.3) is 0 Å². The minimum atomic E-state index is -0.661. The van der Waals surface area contributed by atoms with Crippen LogP contribution in [0.4, 0.5) is 0 Å². The molecule has 0 aromatic carbocycles. The molecule has 4 fully saturated rings. The van der Waals surface area contributed by atoms with Crippen LogP contribution in [-0.2, 0) is 0 Å². The lowest BCUT2D eigenvalue weighted by Gasteiger charge is -2.57. The fourth-order valence-electron chi connectivity index (χ4n) is 3.99. The number of hydrogen-bond acceptors (Lipinski definition) is 4. The first-order valence-corrected chi connectivity index (χ1v) is 6.46. The number of hydrogen-bond donors (Lipinski definition) is 2. The van der Waals surface area contributed by atoms with Crippen molar-refractivity contribution in [3.63, 3.8) is 0 Å². The molecule has 3 N–H and O–H groups in total. The van der Waals surface area contributed by atoms with Crippen LogP contribution in [0.3, 0.4) is 0 Å². The third-order valence-corrected chi connectivity index (χ3v) is 5.11. The van der Waals surface area contributed by atoms with E-state index in [1.807, 2.05) is 0 Å². The van der Waals surface area contributed by atoms with E-state index in [4.69, 9.17) is 5.73 Å². The van der Waals surface area contributed by atoms with Crippen LogP contribution in [-0.4, -0.2) is 65.8 Å². The van der Waals surface area contributed by atoms with Crippen LogP contribution in [0.5, 0.6) is 0 Å². The van der Waals surface area contributed by atoms with E-state index in [1.165, 1.54) is 25.9 Å². The normalized spacial score (nSPS) is 53.4. The third-order valence-electron chi connectivity index (χ3n) is 5.11. The van der Waals surface area contributed by atoms with E-state index in [9.17, 15) is 5.11 Å². The summed E-state index contributed by atoms with van der Waals surface area (Å²) in [6.07, 6.45) is 3.18. The molecule has 16 heavy (non-hydrogen) atoms. The lowest BCUT2D eigenvalue weighted by molar-refractivity contribution is -0.107. The molecule has 2 unspecified atom stereocenters. The van der Waals surface area contributed by atoms with Gasteiger partial charge >= 0.3 is 0 Å². The van der Waals surface area contributed by atoms with Crippen molar-refractivity contribution >= 4 is 0 Å². The largest absolute Gasteiger partial charge is 0.387 e. The molecule has 0 amide bonds. The van der Waals surface area contributed by atoms with Gasteiger partial charge in [-0.2, -0.15) is 0 Å². The number of fused-ring (bicyclic) bond motifs is 3. The van der Waals surface area contributed by atoms with Crippen LogP contribution in [0.2, 0.25) is 0 Å². The second-order valence-electron chi connectivity index (χ2n) is 6.11. The topological polar surface area (TPSA) is 52.7 Å². The lowest BCUT2D eigenvalue weighted by atomic mass is 9.64. The highest BCUT2D eigenvalue weighted by Gasteiger charge is 2.58. The van der Waals surface area contributed by atoms with Crippen molar-refractivity contribution in [2.45, 2.75) is 30.4 Å². The third kappa shape index (κ3) is 1.37. The van der Waals surface area contributed by atoms with Gasteiger partial charge in [-0.05, 0) is 45.3 Å². The Balaban J connectivity index is 1.87. The molecule has 0 saturated carbocycles. The highest BCUT2D eigenvalue weighted by molar-refractivity contribution is 5.15. The van der Waals surface area contributed by atoms with E-state index < -0.39 is 5.60 Å². The highest BCUT2D eigenvalue weighted by atomic mass is 16.3. The van der Waals surface area contributed by atoms with E-state index in [2.05, 4.69) is 16.8 Å². The van der Waals surface area contributed by atoms with Gasteiger partial charge in [0.05, 0.1) is 11.1 Å². The van der Waals surface area contributed by atoms with Gasteiger partial charge in [0.2, 0.25) is 0 Å². The Morgan fingerprint density at radius 1 is 1.19 bits per heavy atom. The van der Waals surface area contributed by atoms with E-state index in [0.29, 0.717) is 5.92 Å². The zero-order valence-electron chi connectivity index (χ0n) is 10.2. The van der Waals surface area contributed by atoms with Crippen LogP contribution in [0, 0.1) is 5.92 Å². The van der Waals surface area contributed by atoms with Crippen molar-refractivity contribution in [2.24, 2.45) is 11.7 Å². The molecule has 4 heteroatoms. The lowest BCUT2D eigenvalue weighted by Crippen LogP contribution is -2.75. The van der Waals surface area contributed by atoms with Crippen LogP contribution in [0.15, 0.2) is 0 Å². The molecular weight excluding hydrogens is 202 g/mol. The van der Waals surface area contributed by atoms with Crippen molar-refractivity contribution in [3.05, 3.63) is 0 Å². The standard InChI is InChI=1S/C12H23N3O/c1-14-7-4-11(16,8-14)12(13)9-15-5-2-10(12)3-6-15/h10,16H,2-9,13H2,1H3. The Morgan fingerprint density at radius 2 is 1.88 bits per heavy atom. The number of nitrogens with two attached hydrogens (primary N) is 1. The molecule has 0 aliphatic carbocycles. The Kier molecular flexibility index (Phi) is 2.34. The van der Waals surface area contributed by atoms with Crippen molar-refractivity contribution in [1.82, 2.24) is 9.80 Å². The molecule has 0 spiro atoms. The summed E-state index contributed by atoms with van der Waals surface area (Å²) in [5, 5.41) is 10.9. The smallest absolute Gasteiger partial charge is 0.0979 e. The Morgan fingerprint density at radius 3 is 2.31 bits per heavy atom. The summed E-state index contributed by atoms with van der Waals surface area (Å²) in [5.41, 5.74) is 5.60. The van der Waals surface area contributed by atoms with Gasteiger partial charge in [-0.1, -0.05) is 0 Å². The first kappa shape index (κ1) is 11.0. The van der Waals surface area contributed by atoms with E-state index in [1.54, 1.807) is 0 Å². The summed E-state index contributed by atoms with van der Waals surface area (Å²) >= 11 is 0. The number of likely N-dealkylation sites (N-methyl/N-ethyl adjacent to an activating group) is 1. The Labute approximate surface area is 97.4 Å². The summed E-state index contributed by atoms with van der Waals surface area (Å²) in [7, 11) is 2.07. The molecule has 4 aliphatic heterocycles. The molecule has 4 rings (SSSR count). The zero-order chi connectivity index (χ0) is 11.4. The van der Waals surface area contributed by atoms with Gasteiger partial charge < -0.3 is 20.6 Å². The van der Waals surface area contributed by atoms with Crippen molar-refractivity contribution < 1.29 is 5.11 Å². The number of aliphatic hydroxyl groups is 1. The molecule has 0 aromatic heterocycles. The predicted octanol–water partition coefficient (Wildman–Crippen LogP) is -0.524. The number of rotatable bonds is 1. The van der Waals surface area contributed by atoms with Gasteiger partial charge in [-0.25, -0.2) is 0 Å². The average molecular weight is 225 g/mol. The predicted molar refractivity (Wildman–Crippen MR) is 63.1 cm³/mol. The molecule has 4 nitrogen and oxygen atoms in total. The molecule has 2 bridgehead atoms. The van der Waals surface area contributed by atoms with Gasteiger partial charge in [0.1, 0.15) is 0 Å². The van der Waals surface area contributed by atoms with E-state index in [0.717, 1.165) is 26.1 Å².